The van der Waals surface area contributed by atoms with E-state index in [0.717, 1.165) is 0 Å². The molecule has 3 heterocycles. The molecule has 0 unspecified atom stereocenters. The smallest absolute Gasteiger partial charge is 0.187 e. The number of ether oxygens (including phenoxy) is 5. The molecule has 3 saturated heterocycles. The Hall–Kier alpha value is -0.760. The molecule has 0 spiro atoms. The molecule has 4 aliphatic rings. The van der Waals surface area contributed by atoms with E-state index in [1.165, 1.54) is 12.2 Å². The summed E-state index contributed by atoms with van der Waals surface area (Å²) in [6.45, 7) is -0.524. The van der Waals surface area contributed by atoms with E-state index in [0.29, 0.717) is 0 Å². The number of aliphatic hydroxyl groups is 13. The van der Waals surface area contributed by atoms with E-state index in [4.69, 9.17) is 23.7 Å². The molecule has 0 aromatic carbocycles. The first kappa shape index (κ1) is 36.1. The van der Waals surface area contributed by atoms with Crippen molar-refractivity contribution in [3.63, 3.8) is 0 Å². The molecule has 20 atom stereocenters. The van der Waals surface area contributed by atoms with Gasteiger partial charge in [-0.1, -0.05) is 0 Å². The monoisotopic (exact) mass is 648 g/mol. The van der Waals surface area contributed by atoms with Gasteiger partial charge >= 0.3 is 0 Å². The highest BCUT2D eigenvalue weighted by Crippen LogP contribution is 2.32. The number of quaternary nitrogens is 1. The van der Waals surface area contributed by atoms with Crippen LogP contribution < -0.4 is 5.32 Å². The molecule has 1 saturated carbocycles. The Bertz CT molecular complexity index is 901. The van der Waals surface area contributed by atoms with E-state index in [9.17, 15) is 66.4 Å². The molecule has 19 nitrogen and oxygen atoms in total. The normalized spacial score (nSPS) is 53.9. The quantitative estimate of drug-likeness (QED) is 0.110. The van der Waals surface area contributed by atoms with Crippen LogP contribution in [0.3, 0.4) is 0 Å². The third-order valence-corrected chi connectivity index (χ3v) is 9.06. The average molecular weight is 649 g/mol. The Balaban J connectivity index is 1.41. The minimum atomic E-state index is -1.92. The van der Waals surface area contributed by atoms with Gasteiger partial charge in [0, 0.05) is 18.9 Å². The molecular weight excluding hydrogens is 602 g/mol. The zero-order valence-corrected chi connectivity index (χ0v) is 23.8. The lowest BCUT2D eigenvalue weighted by Gasteiger charge is -2.48. The molecule has 15 N–H and O–H groups in total. The van der Waals surface area contributed by atoms with E-state index in [1.54, 1.807) is 0 Å². The van der Waals surface area contributed by atoms with E-state index in [-0.39, 0.29) is 6.42 Å². The molecule has 0 aromatic heterocycles. The molecule has 3 aliphatic heterocycles. The zero-order valence-electron chi connectivity index (χ0n) is 23.8. The van der Waals surface area contributed by atoms with Gasteiger partial charge in [0.15, 0.2) is 18.9 Å². The van der Waals surface area contributed by atoms with Crippen LogP contribution in [0.1, 0.15) is 13.3 Å². The van der Waals surface area contributed by atoms with Crippen molar-refractivity contribution >= 4 is 0 Å². The summed E-state index contributed by atoms with van der Waals surface area (Å²) in [4.78, 5) is 0. The minimum absolute atomic E-state index is 0.0787. The summed E-state index contributed by atoms with van der Waals surface area (Å²) in [5, 5.41) is 135. The van der Waals surface area contributed by atoms with Crippen molar-refractivity contribution in [1.29, 1.82) is 0 Å². The van der Waals surface area contributed by atoms with Crippen molar-refractivity contribution in [2.75, 3.05) is 19.8 Å². The zero-order chi connectivity index (χ0) is 32.6. The van der Waals surface area contributed by atoms with Crippen LogP contribution in [0.15, 0.2) is 0 Å². The fourth-order valence-corrected chi connectivity index (χ4v) is 6.33. The largest absolute Gasteiger partial charge is 0.396 e. The number of hydrogen-bond acceptors (Lipinski definition) is 18. The lowest BCUT2D eigenvalue weighted by Crippen LogP contribution is -3.03. The van der Waals surface area contributed by atoms with Crippen molar-refractivity contribution in [2.24, 2.45) is 5.92 Å². The third-order valence-electron chi connectivity index (χ3n) is 9.06. The molecule has 0 radical (unpaired) electrons. The molecule has 0 bridgehead atoms. The molecule has 44 heavy (non-hydrogen) atoms. The Labute approximate surface area is 251 Å². The van der Waals surface area contributed by atoms with E-state index >= 15 is 0 Å². The van der Waals surface area contributed by atoms with Crippen molar-refractivity contribution < 1.29 is 95.4 Å². The lowest BCUT2D eigenvalue weighted by atomic mass is 9.79. The van der Waals surface area contributed by atoms with Gasteiger partial charge in [-0.2, -0.15) is 0 Å². The predicted molar refractivity (Wildman–Crippen MR) is 137 cm³/mol. The first-order valence-corrected chi connectivity index (χ1v) is 14.5. The van der Waals surface area contributed by atoms with Crippen molar-refractivity contribution in [3.8, 4) is 0 Å². The van der Waals surface area contributed by atoms with Crippen LogP contribution in [0.4, 0.5) is 0 Å². The van der Waals surface area contributed by atoms with Crippen LogP contribution in [0.5, 0.6) is 0 Å². The van der Waals surface area contributed by atoms with Gasteiger partial charge in [0.1, 0.15) is 91.4 Å². The predicted octanol–water partition coefficient (Wildman–Crippen LogP) is -9.51. The van der Waals surface area contributed by atoms with Gasteiger partial charge in [-0.3, -0.25) is 0 Å². The maximum Gasteiger partial charge on any atom is 0.187 e. The van der Waals surface area contributed by atoms with Gasteiger partial charge in [0.05, 0.1) is 19.3 Å². The number of nitrogens with two attached hydrogens (primary N) is 1. The summed E-state index contributed by atoms with van der Waals surface area (Å²) in [6, 6.07) is -1.71. The summed E-state index contributed by atoms with van der Waals surface area (Å²) in [5.74, 6) is -0.741. The lowest BCUT2D eigenvalue weighted by molar-refractivity contribution is -0.750. The van der Waals surface area contributed by atoms with Crippen LogP contribution in [-0.2, 0) is 23.7 Å². The molecule has 4 fully saturated rings. The van der Waals surface area contributed by atoms with Gasteiger partial charge < -0.3 is 95.4 Å². The Morgan fingerprint density at radius 1 is 0.568 bits per heavy atom. The number of aliphatic hydroxyl groups excluding tert-OH is 13. The first-order valence-electron chi connectivity index (χ1n) is 14.5. The Morgan fingerprint density at radius 2 is 1.09 bits per heavy atom. The third kappa shape index (κ3) is 7.06. The SMILES string of the molecule is C[C@H]1O[C@H](O[C@H]2[C@H](O)[C@@H](O)[C@@H](O[C@H]3[C@H](O)[C@@H](O)[C@@H](O)O[C@@H]3CO)O[C@@H]2CO)[C@H](O)[C@@H](O)[C@@H]1[NH2+][C@H]1C[C@H](CO)[C@@H](O)[C@H](O)[C@H]1O. The van der Waals surface area contributed by atoms with Crippen LogP contribution >= 0.6 is 0 Å². The van der Waals surface area contributed by atoms with Crippen LogP contribution in [-0.4, -0.2) is 203 Å². The highest BCUT2D eigenvalue weighted by atomic mass is 16.7. The molecule has 258 valence electrons. The number of hydrogen-bond donors (Lipinski definition) is 14. The van der Waals surface area contributed by atoms with Gasteiger partial charge in [0.25, 0.3) is 0 Å². The van der Waals surface area contributed by atoms with Gasteiger partial charge in [-0.25, -0.2) is 0 Å². The van der Waals surface area contributed by atoms with Gasteiger partial charge in [-0.15, -0.1) is 0 Å². The summed E-state index contributed by atoms with van der Waals surface area (Å²) < 4.78 is 27.5. The van der Waals surface area contributed by atoms with Crippen LogP contribution in [0, 0.1) is 5.92 Å². The second-order valence-corrected chi connectivity index (χ2v) is 11.9. The second kappa shape index (κ2) is 15.0. The summed E-state index contributed by atoms with van der Waals surface area (Å²) >= 11 is 0. The topological polar surface area (TPSA) is 326 Å². The highest BCUT2D eigenvalue weighted by molar-refractivity contribution is 4.97. The Morgan fingerprint density at radius 3 is 1.66 bits per heavy atom. The van der Waals surface area contributed by atoms with E-state index in [2.05, 4.69) is 0 Å². The summed E-state index contributed by atoms with van der Waals surface area (Å²) in [6.07, 6.45) is -27.0. The molecule has 4 rings (SSSR count). The summed E-state index contributed by atoms with van der Waals surface area (Å²) in [7, 11) is 0. The van der Waals surface area contributed by atoms with Gasteiger partial charge in [-0.05, 0) is 6.92 Å². The standard InChI is InChI=1S/C25H45NO18/c1-6-11(26-8-2-7(3-27)12(30)15(33)13(8)31)14(32)19(37)24(40-6)43-22-10(5-29)42-25(20(38)17(22)35)44-21-9(4-28)41-23(39)18(36)16(21)34/h6-39H,2-5H2,1H3/p+1/t6-,7-,8+,9-,10-,11-,12-,13+,14+,15+,16-,17-,18-,19-,20-,21-,22-,23+,24-,25-/m1/s1. The highest BCUT2D eigenvalue weighted by Gasteiger charge is 2.55. The minimum Gasteiger partial charge on any atom is -0.396 e. The fraction of sp³-hybridized carbons (Fsp3) is 1.00. The van der Waals surface area contributed by atoms with E-state index in [1.807, 2.05) is 0 Å². The molecule has 0 amide bonds. The maximum atomic E-state index is 11.0. The first-order chi connectivity index (χ1) is 20.7. The average Bonchev–Trinajstić information content (AvgIpc) is 3.00. The molecule has 1 aliphatic carbocycles. The molecule has 19 heteroatoms. The second-order valence-electron chi connectivity index (χ2n) is 11.9. The molecular formula is C25H46NO18+. The summed E-state index contributed by atoms with van der Waals surface area (Å²) in [5.41, 5.74) is 0. The van der Waals surface area contributed by atoms with Gasteiger partial charge in [0.2, 0.25) is 0 Å². The van der Waals surface area contributed by atoms with Crippen molar-refractivity contribution in [3.05, 3.63) is 0 Å². The maximum absolute atomic E-state index is 11.0. The van der Waals surface area contributed by atoms with Crippen LogP contribution in [0.2, 0.25) is 0 Å². The fourth-order valence-electron chi connectivity index (χ4n) is 6.33. The molecule has 0 aromatic rings. The van der Waals surface area contributed by atoms with Crippen molar-refractivity contribution in [1.82, 2.24) is 0 Å². The van der Waals surface area contributed by atoms with Crippen molar-refractivity contribution in [2.45, 2.75) is 130 Å². The number of rotatable bonds is 9. The Kier molecular flexibility index (Phi) is 12.3. The van der Waals surface area contributed by atoms with E-state index < -0.39 is 142 Å². The van der Waals surface area contributed by atoms with Crippen LogP contribution in [0.25, 0.3) is 0 Å².